The third-order valence-electron chi connectivity index (χ3n) is 2.45. The molecule has 1 aromatic carbocycles. The lowest BCUT2D eigenvalue weighted by atomic mass is 10.1. The van der Waals surface area contributed by atoms with Crippen LogP contribution in [0.3, 0.4) is 0 Å². The van der Waals surface area contributed by atoms with Crippen molar-refractivity contribution in [1.29, 1.82) is 0 Å². The van der Waals surface area contributed by atoms with E-state index in [0.29, 0.717) is 5.69 Å². The Balaban J connectivity index is 2.60. The van der Waals surface area contributed by atoms with Crippen LogP contribution in [0.5, 0.6) is 0 Å². The van der Waals surface area contributed by atoms with E-state index in [1.54, 1.807) is 18.5 Å². The molecule has 0 amide bonds. The van der Waals surface area contributed by atoms with Crippen LogP contribution in [0, 0.1) is 19.7 Å². The molecule has 0 aliphatic rings. The number of aromatic nitrogens is 2. The van der Waals surface area contributed by atoms with E-state index in [0.717, 1.165) is 5.56 Å². The summed E-state index contributed by atoms with van der Waals surface area (Å²) >= 11 is 0. The fraction of sp³-hybridized carbons (Fsp3) is 0.167. The summed E-state index contributed by atoms with van der Waals surface area (Å²) in [5.41, 5.74) is 1.43. The summed E-state index contributed by atoms with van der Waals surface area (Å²) in [6.07, 6.45) is 3.40. The number of carboxylic acid groups (broad SMARTS) is 1. The molecule has 0 fully saturated rings. The summed E-state index contributed by atoms with van der Waals surface area (Å²) in [5.74, 6) is -1.98. The minimum Gasteiger partial charge on any atom is -0.478 e. The monoisotopic (exact) mass is 234 g/mol. The van der Waals surface area contributed by atoms with Gasteiger partial charge in [0.1, 0.15) is 5.82 Å². The molecular formula is C12H11FN2O2. The highest BCUT2D eigenvalue weighted by Gasteiger charge is 2.15. The van der Waals surface area contributed by atoms with Crippen molar-refractivity contribution in [3.8, 4) is 5.69 Å². The topological polar surface area (TPSA) is 55.1 Å². The van der Waals surface area contributed by atoms with Crippen molar-refractivity contribution in [2.75, 3.05) is 0 Å². The molecular weight excluding hydrogens is 223 g/mol. The zero-order valence-electron chi connectivity index (χ0n) is 9.44. The van der Waals surface area contributed by atoms with Crippen molar-refractivity contribution in [3.05, 3.63) is 47.0 Å². The van der Waals surface area contributed by atoms with Crippen LogP contribution in [0.25, 0.3) is 5.69 Å². The summed E-state index contributed by atoms with van der Waals surface area (Å²) in [7, 11) is 0. The Morgan fingerprint density at radius 3 is 2.65 bits per heavy atom. The molecule has 0 spiro atoms. The Morgan fingerprint density at radius 2 is 2.12 bits per heavy atom. The molecule has 0 saturated carbocycles. The lowest BCUT2D eigenvalue weighted by Gasteiger charge is -2.06. The van der Waals surface area contributed by atoms with E-state index in [1.165, 1.54) is 17.7 Å². The number of halogens is 1. The van der Waals surface area contributed by atoms with Gasteiger partial charge in [-0.15, -0.1) is 0 Å². The van der Waals surface area contributed by atoms with Crippen molar-refractivity contribution in [1.82, 2.24) is 9.78 Å². The molecule has 0 aliphatic heterocycles. The maximum atomic E-state index is 13.5. The molecule has 1 aromatic heterocycles. The number of benzene rings is 1. The fourth-order valence-corrected chi connectivity index (χ4v) is 1.59. The van der Waals surface area contributed by atoms with E-state index in [-0.39, 0.29) is 11.1 Å². The first-order chi connectivity index (χ1) is 7.99. The van der Waals surface area contributed by atoms with Crippen LogP contribution in [-0.4, -0.2) is 20.9 Å². The Hall–Kier alpha value is -2.17. The van der Waals surface area contributed by atoms with Gasteiger partial charge in [-0.05, 0) is 37.1 Å². The largest absolute Gasteiger partial charge is 0.478 e. The summed E-state index contributed by atoms with van der Waals surface area (Å²) < 4.78 is 15.1. The fourth-order valence-electron chi connectivity index (χ4n) is 1.59. The van der Waals surface area contributed by atoms with E-state index in [4.69, 9.17) is 5.11 Å². The predicted molar refractivity (Wildman–Crippen MR) is 60.0 cm³/mol. The molecule has 88 valence electrons. The molecule has 5 heteroatoms. The van der Waals surface area contributed by atoms with Gasteiger partial charge in [-0.25, -0.2) is 13.9 Å². The minimum absolute atomic E-state index is 0.285. The van der Waals surface area contributed by atoms with Crippen molar-refractivity contribution < 1.29 is 14.3 Å². The SMILES string of the molecule is Cc1cnn(-c2cc(C)c(F)c(C(=O)O)c2)c1. The molecule has 4 nitrogen and oxygen atoms in total. The second kappa shape index (κ2) is 4.01. The van der Waals surface area contributed by atoms with Crippen LogP contribution < -0.4 is 0 Å². The third kappa shape index (κ3) is 2.04. The molecule has 1 N–H and O–H groups in total. The van der Waals surface area contributed by atoms with E-state index < -0.39 is 11.8 Å². The van der Waals surface area contributed by atoms with Crippen LogP contribution in [0.4, 0.5) is 4.39 Å². The number of carboxylic acids is 1. The predicted octanol–water partition coefficient (Wildman–Crippen LogP) is 2.33. The van der Waals surface area contributed by atoms with Gasteiger partial charge in [-0.3, -0.25) is 0 Å². The zero-order chi connectivity index (χ0) is 12.6. The molecule has 2 rings (SSSR count). The molecule has 17 heavy (non-hydrogen) atoms. The number of nitrogens with zero attached hydrogens (tertiary/aromatic N) is 2. The first kappa shape index (κ1) is 11.3. The first-order valence-electron chi connectivity index (χ1n) is 5.04. The normalized spacial score (nSPS) is 10.5. The van der Waals surface area contributed by atoms with E-state index in [9.17, 15) is 9.18 Å². The third-order valence-corrected chi connectivity index (χ3v) is 2.45. The number of hydrogen-bond acceptors (Lipinski definition) is 2. The Bertz CT molecular complexity index is 590. The van der Waals surface area contributed by atoms with E-state index >= 15 is 0 Å². The number of aromatic carboxylic acids is 1. The van der Waals surface area contributed by atoms with Gasteiger partial charge in [0.05, 0.1) is 17.4 Å². The summed E-state index contributed by atoms with van der Waals surface area (Å²) in [6, 6.07) is 2.84. The van der Waals surface area contributed by atoms with Gasteiger partial charge in [0, 0.05) is 6.20 Å². The molecule has 0 bridgehead atoms. The second-order valence-electron chi connectivity index (χ2n) is 3.89. The van der Waals surface area contributed by atoms with Gasteiger partial charge in [-0.1, -0.05) is 0 Å². The average Bonchev–Trinajstić information content (AvgIpc) is 2.68. The van der Waals surface area contributed by atoms with Crippen LogP contribution in [0.1, 0.15) is 21.5 Å². The van der Waals surface area contributed by atoms with Crippen LogP contribution >= 0.6 is 0 Å². The van der Waals surface area contributed by atoms with Gasteiger partial charge < -0.3 is 5.11 Å². The van der Waals surface area contributed by atoms with Crippen molar-refractivity contribution in [2.24, 2.45) is 0 Å². The van der Waals surface area contributed by atoms with E-state index in [2.05, 4.69) is 5.10 Å². The Labute approximate surface area is 97.3 Å². The molecule has 0 radical (unpaired) electrons. The van der Waals surface area contributed by atoms with Crippen LogP contribution in [-0.2, 0) is 0 Å². The average molecular weight is 234 g/mol. The van der Waals surface area contributed by atoms with Crippen LogP contribution in [0.15, 0.2) is 24.5 Å². The summed E-state index contributed by atoms with van der Waals surface area (Å²) in [4.78, 5) is 10.9. The van der Waals surface area contributed by atoms with Gasteiger partial charge in [0.25, 0.3) is 0 Å². The lowest BCUT2D eigenvalue weighted by Crippen LogP contribution is -2.05. The number of hydrogen-bond donors (Lipinski definition) is 1. The van der Waals surface area contributed by atoms with Gasteiger partial charge >= 0.3 is 5.97 Å². The molecule has 0 aliphatic carbocycles. The smallest absolute Gasteiger partial charge is 0.338 e. The molecule has 1 heterocycles. The minimum atomic E-state index is -1.28. The first-order valence-corrected chi connectivity index (χ1v) is 5.04. The standard InChI is InChI=1S/C12H11FN2O2/c1-7-5-14-15(6-7)9-3-8(2)11(13)10(4-9)12(16)17/h3-6H,1-2H3,(H,16,17). The highest BCUT2D eigenvalue weighted by molar-refractivity contribution is 5.89. The number of rotatable bonds is 2. The quantitative estimate of drug-likeness (QED) is 0.867. The van der Waals surface area contributed by atoms with Crippen molar-refractivity contribution in [2.45, 2.75) is 13.8 Å². The molecule has 2 aromatic rings. The maximum absolute atomic E-state index is 13.5. The van der Waals surface area contributed by atoms with E-state index in [1.807, 2.05) is 6.92 Å². The number of carbonyl (C=O) groups is 1. The molecule has 0 saturated heterocycles. The Morgan fingerprint density at radius 1 is 1.41 bits per heavy atom. The summed E-state index contributed by atoms with van der Waals surface area (Å²) in [6.45, 7) is 3.40. The van der Waals surface area contributed by atoms with Gasteiger partial charge in [-0.2, -0.15) is 5.10 Å². The van der Waals surface area contributed by atoms with Gasteiger partial charge in [0.15, 0.2) is 0 Å². The highest BCUT2D eigenvalue weighted by atomic mass is 19.1. The van der Waals surface area contributed by atoms with Crippen LogP contribution in [0.2, 0.25) is 0 Å². The zero-order valence-corrected chi connectivity index (χ0v) is 9.44. The Kier molecular flexibility index (Phi) is 2.67. The second-order valence-corrected chi connectivity index (χ2v) is 3.89. The van der Waals surface area contributed by atoms with Crippen molar-refractivity contribution in [3.63, 3.8) is 0 Å². The van der Waals surface area contributed by atoms with Gasteiger partial charge in [0.2, 0.25) is 0 Å². The summed E-state index contributed by atoms with van der Waals surface area (Å²) in [5, 5.41) is 13.0. The lowest BCUT2D eigenvalue weighted by molar-refractivity contribution is 0.0691. The maximum Gasteiger partial charge on any atom is 0.338 e. The highest BCUT2D eigenvalue weighted by Crippen LogP contribution is 2.18. The van der Waals surface area contributed by atoms with Crippen molar-refractivity contribution >= 4 is 5.97 Å². The molecule has 0 atom stereocenters. The molecule has 0 unspecified atom stereocenters. The number of aryl methyl sites for hydroxylation is 2.